The molecule has 0 saturated heterocycles. The van der Waals surface area contributed by atoms with Gasteiger partial charge in [-0.1, -0.05) is 11.6 Å². The van der Waals surface area contributed by atoms with E-state index in [-0.39, 0.29) is 23.7 Å². The maximum Gasteiger partial charge on any atom is 0.254 e. The molecule has 1 aromatic rings. The first-order chi connectivity index (χ1) is 7.50. The molecule has 7 heteroatoms. The third kappa shape index (κ3) is 3.47. The largest absolute Gasteiger partial charge is 0.370 e. The highest BCUT2D eigenvalue weighted by atomic mass is 35.5. The Morgan fingerprint density at radius 3 is 2.88 bits per heavy atom. The van der Waals surface area contributed by atoms with Crippen LogP contribution in [-0.4, -0.2) is 23.3 Å². The van der Waals surface area contributed by atoms with Gasteiger partial charge in [0.1, 0.15) is 11.0 Å². The lowest BCUT2D eigenvalue weighted by Gasteiger charge is -2.04. The summed E-state index contributed by atoms with van der Waals surface area (Å²) in [6.07, 6.45) is 0.911. The minimum Gasteiger partial charge on any atom is -0.370 e. The number of rotatable bonds is 4. The van der Waals surface area contributed by atoms with Gasteiger partial charge in [-0.25, -0.2) is 9.37 Å². The van der Waals surface area contributed by atoms with Gasteiger partial charge in [0.25, 0.3) is 5.91 Å². The number of hydrogen-bond donors (Lipinski definition) is 2. The molecule has 3 N–H and O–H groups in total. The van der Waals surface area contributed by atoms with E-state index in [2.05, 4.69) is 10.3 Å². The molecule has 0 saturated carbocycles. The summed E-state index contributed by atoms with van der Waals surface area (Å²) in [6.45, 7) is 0.0704. The molecule has 0 aliphatic heterocycles. The van der Waals surface area contributed by atoms with Crippen molar-refractivity contribution in [2.45, 2.75) is 6.42 Å². The van der Waals surface area contributed by atoms with Crippen molar-refractivity contribution in [1.82, 2.24) is 10.3 Å². The van der Waals surface area contributed by atoms with Gasteiger partial charge in [0, 0.05) is 13.0 Å². The molecular formula is C9H9ClFN3O2. The van der Waals surface area contributed by atoms with Crippen molar-refractivity contribution in [2.24, 2.45) is 5.73 Å². The van der Waals surface area contributed by atoms with Crippen LogP contribution in [0, 0.1) is 5.82 Å². The zero-order valence-corrected chi connectivity index (χ0v) is 8.92. The summed E-state index contributed by atoms with van der Waals surface area (Å²) in [5.41, 5.74) is 4.81. The Hall–Kier alpha value is -1.69. The first kappa shape index (κ1) is 12.4. The van der Waals surface area contributed by atoms with E-state index in [1.54, 1.807) is 0 Å². The lowest BCUT2D eigenvalue weighted by atomic mass is 10.2. The minimum absolute atomic E-state index is 0.00605. The Bertz CT molecular complexity index is 425. The molecule has 0 unspecified atom stereocenters. The van der Waals surface area contributed by atoms with Crippen LogP contribution in [0.25, 0.3) is 0 Å². The van der Waals surface area contributed by atoms with E-state index < -0.39 is 17.6 Å². The number of hydrogen-bond acceptors (Lipinski definition) is 3. The Balaban J connectivity index is 2.65. The van der Waals surface area contributed by atoms with E-state index >= 15 is 0 Å². The molecule has 0 bridgehead atoms. The smallest absolute Gasteiger partial charge is 0.254 e. The van der Waals surface area contributed by atoms with Crippen molar-refractivity contribution in [1.29, 1.82) is 0 Å². The molecule has 5 nitrogen and oxygen atoms in total. The fourth-order valence-electron chi connectivity index (χ4n) is 0.976. The SMILES string of the molecule is NC(=O)CCNC(=O)c1cc(F)cnc1Cl. The zero-order valence-electron chi connectivity index (χ0n) is 8.17. The van der Waals surface area contributed by atoms with Crippen LogP contribution in [-0.2, 0) is 4.79 Å². The topological polar surface area (TPSA) is 85.1 Å². The number of nitrogens with zero attached hydrogens (tertiary/aromatic N) is 1. The molecule has 16 heavy (non-hydrogen) atoms. The second-order valence-corrected chi connectivity index (χ2v) is 3.32. The summed E-state index contributed by atoms with van der Waals surface area (Å²) in [4.78, 5) is 25.3. The van der Waals surface area contributed by atoms with Crippen molar-refractivity contribution in [3.63, 3.8) is 0 Å². The van der Waals surface area contributed by atoms with E-state index in [9.17, 15) is 14.0 Å². The predicted molar refractivity (Wildman–Crippen MR) is 55.3 cm³/mol. The highest BCUT2D eigenvalue weighted by Gasteiger charge is 2.12. The molecule has 0 aliphatic rings. The van der Waals surface area contributed by atoms with Gasteiger partial charge in [-0.3, -0.25) is 9.59 Å². The van der Waals surface area contributed by atoms with Crippen molar-refractivity contribution < 1.29 is 14.0 Å². The van der Waals surface area contributed by atoms with Crippen LogP contribution in [0.1, 0.15) is 16.8 Å². The van der Waals surface area contributed by atoms with Crippen molar-refractivity contribution >= 4 is 23.4 Å². The standard InChI is InChI=1S/C9H9ClFN3O2/c10-8-6(3-5(11)4-14-8)9(16)13-2-1-7(12)15/h3-4H,1-2H2,(H2,12,15)(H,13,16). The van der Waals surface area contributed by atoms with Crippen LogP contribution >= 0.6 is 11.6 Å². The Labute approximate surface area is 95.8 Å². The van der Waals surface area contributed by atoms with Crippen LogP contribution in [0.5, 0.6) is 0 Å². The maximum absolute atomic E-state index is 12.8. The van der Waals surface area contributed by atoms with Gasteiger partial charge < -0.3 is 11.1 Å². The molecule has 0 fully saturated rings. The van der Waals surface area contributed by atoms with Crippen LogP contribution in [0.2, 0.25) is 5.15 Å². The van der Waals surface area contributed by atoms with Gasteiger partial charge in [0.2, 0.25) is 5.91 Å². The van der Waals surface area contributed by atoms with E-state index in [0.717, 1.165) is 12.3 Å². The first-order valence-electron chi connectivity index (χ1n) is 4.38. The molecule has 0 aliphatic carbocycles. The van der Waals surface area contributed by atoms with Crippen LogP contribution in [0.3, 0.4) is 0 Å². The fraction of sp³-hybridized carbons (Fsp3) is 0.222. The number of pyridine rings is 1. The quantitative estimate of drug-likeness (QED) is 0.757. The summed E-state index contributed by atoms with van der Waals surface area (Å²) in [5.74, 6) is -1.80. The number of nitrogens with one attached hydrogen (secondary N) is 1. The third-order valence-electron chi connectivity index (χ3n) is 1.71. The Kier molecular flexibility index (Phi) is 4.19. The van der Waals surface area contributed by atoms with Gasteiger partial charge in [-0.15, -0.1) is 0 Å². The van der Waals surface area contributed by atoms with Crippen LogP contribution in [0.4, 0.5) is 4.39 Å². The van der Waals surface area contributed by atoms with Gasteiger partial charge in [-0.2, -0.15) is 0 Å². The molecule has 0 aromatic carbocycles. The van der Waals surface area contributed by atoms with E-state index in [1.807, 2.05) is 0 Å². The number of primary amides is 1. The van der Waals surface area contributed by atoms with E-state index in [4.69, 9.17) is 17.3 Å². The second kappa shape index (κ2) is 5.41. The zero-order chi connectivity index (χ0) is 12.1. The molecule has 1 aromatic heterocycles. The van der Waals surface area contributed by atoms with E-state index in [0.29, 0.717) is 0 Å². The van der Waals surface area contributed by atoms with E-state index in [1.165, 1.54) is 0 Å². The molecule has 86 valence electrons. The summed E-state index contributed by atoms with van der Waals surface area (Å²) in [7, 11) is 0. The predicted octanol–water partition coefficient (Wildman–Crippen LogP) is 0.479. The Morgan fingerprint density at radius 2 is 2.25 bits per heavy atom. The summed E-state index contributed by atoms with van der Waals surface area (Å²) in [6, 6.07) is 0.967. The molecular weight excluding hydrogens is 237 g/mol. The molecule has 1 heterocycles. The van der Waals surface area contributed by atoms with Gasteiger partial charge in [-0.05, 0) is 6.07 Å². The first-order valence-corrected chi connectivity index (χ1v) is 4.76. The number of amides is 2. The monoisotopic (exact) mass is 245 g/mol. The summed E-state index contributed by atoms with van der Waals surface area (Å²) < 4.78 is 12.8. The highest BCUT2D eigenvalue weighted by molar-refractivity contribution is 6.32. The van der Waals surface area contributed by atoms with Gasteiger partial charge in [0.15, 0.2) is 0 Å². The van der Waals surface area contributed by atoms with Gasteiger partial charge >= 0.3 is 0 Å². The highest BCUT2D eigenvalue weighted by Crippen LogP contribution is 2.13. The van der Waals surface area contributed by atoms with Gasteiger partial charge in [0.05, 0.1) is 11.8 Å². The molecule has 0 radical (unpaired) electrons. The molecule has 0 spiro atoms. The second-order valence-electron chi connectivity index (χ2n) is 2.96. The number of aromatic nitrogens is 1. The molecule has 2 amide bonds. The number of nitrogens with two attached hydrogens (primary N) is 1. The van der Waals surface area contributed by atoms with Crippen molar-refractivity contribution in [3.8, 4) is 0 Å². The number of carbonyl (C=O) groups is 2. The summed E-state index contributed by atoms with van der Waals surface area (Å²) >= 11 is 5.60. The number of carbonyl (C=O) groups excluding carboxylic acids is 2. The lowest BCUT2D eigenvalue weighted by Crippen LogP contribution is -2.28. The Morgan fingerprint density at radius 1 is 1.56 bits per heavy atom. The molecule has 1 rings (SSSR count). The third-order valence-corrected chi connectivity index (χ3v) is 2.01. The average Bonchev–Trinajstić information content (AvgIpc) is 2.21. The molecule has 0 atom stereocenters. The summed E-state index contributed by atoms with van der Waals surface area (Å²) in [5, 5.41) is 2.27. The number of halogens is 2. The van der Waals surface area contributed by atoms with Crippen LogP contribution in [0.15, 0.2) is 12.3 Å². The minimum atomic E-state index is -0.663. The van der Waals surface area contributed by atoms with Crippen LogP contribution < -0.4 is 11.1 Å². The fourth-order valence-corrected chi connectivity index (χ4v) is 1.17. The van der Waals surface area contributed by atoms with Crippen molar-refractivity contribution in [3.05, 3.63) is 28.8 Å². The lowest BCUT2D eigenvalue weighted by molar-refractivity contribution is -0.117. The normalized spacial score (nSPS) is 9.88. The average molecular weight is 246 g/mol. The van der Waals surface area contributed by atoms with Crippen molar-refractivity contribution in [2.75, 3.05) is 6.54 Å². The maximum atomic E-state index is 12.8.